The molecule has 0 fully saturated rings. The highest BCUT2D eigenvalue weighted by atomic mass is 15.1. The van der Waals surface area contributed by atoms with Crippen LogP contribution in [0.5, 0.6) is 0 Å². The molecule has 1 aliphatic heterocycles. The summed E-state index contributed by atoms with van der Waals surface area (Å²) in [5.41, 5.74) is 5.62. The third-order valence-corrected chi connectivity index (χ3v) is 4.31. The minimum atomic E-state index is 0.150. The van der Waals surface area contributed by atoms with Crippen molar-refractivity contribution < 1.29 is 0 Å². The minimum absolute atomic E-state index is 0.150. The molecule has 2 heteroatoms. The number of rotatable bonds is 2. The second-order valence-electron chi connectivity index (χ2n) is 6.25. The third-order valence-electron chi connectivity index (χ3n) is 4.31. The largest absolute Gasteiger partial charge is 0.358 e. The summed E-state index contributed by atoms with van der Waals surface area (Å²) in [5, 5.41) is 1.39. The summed E-state index contributed by atoms with van der Waals surface area (Å²) in [4.78, 5) is 6.08. The Morgan fingerprint density at radius 1 is 1.47 bits per heavy atom. The summed E-state index contributed by atoms with van der Waals surface area (Å²) in [7, 11) is 2.21. The van der Waals surface area contributed by atoms with E-state index in [1.165, 1.54) is 27.7 Å². The fourth-order valence-electron chi connectivity index (χ4n) is 3.53. The predicted molar refractivity (Wildman–Crippen MR) is 81.5 cm³/mol. The summed E-state index contributed by atoms with van der Waals surface area (Å²) >= 11 is 0. The number of aromatic nitrogens is 1. The van der Waals surface area contributed by atoms with Crippen LogP contribution >= 0.6 is 0 Å². The van der Waals surface area contributed by atoms with Gasteiger partial charge in [0.2, 0.25) is 0 Å². The molecule has 1 aliphatic rings. The highest BCUT2D eigenvalue weighted by molar-refractivity contribution is 5.86. The Balaban J connectivity index is 2.25. The van der Waals surface area contributed by atoms with Crippen LogP contribution in [-0.2, 0) is 12.0 Å². The van der Waals surface area contributed by atoms with E-state index in [-0.39, 0.29) is 5.41 Å². The van der Waals surface area contributed by atoms with Crippen molar-refractivity contribution in [2.45, 2.75) is 32.2 Å². The molecule has 3 rings (SSSR count). The molecule has 2 aromatic rings. The Labute approximate surface area is 115 Å². The maximum atomic E-state index is 3.93. The van der Waals surface area contributed by atoms with Crippen molar-refractivity contribution in [2.75, 3.05) is 13.6 Å². The average molecular weight is 254 g/mol. The Hall–Kier alpha value is -1.54. The van der Waals surface area contributed by atoms with Gasteiger partial charge in [0.05, 0.1) is 0 Å². The summed E-state index contributed by atoms with van der Waals surface area (Å²) in [6.45, 7) is 10.5. The van der Waals surface area contributed by atoms with Crippen LogP contribution in [0.3, 0.4) is 0 Å². The Kier molecular flexibility index (Phi) is 2.79. The SMILES string of the molecule is C=CCC1(C)CN(C)Cc2c1[nH]c1ccc(C)cc21. The number of nitrogens with zero attached hydrogens (tertiary/aromatic N) is 1. The average Bonchev–Trinajstić information content (AvgIpc) is 2.68. The van der Waals surface area contributed by atoms with Crippen molar-refractivity contribution in [3.05, 3.63) is 47.7 Å². The second kappa shape index (κ2) is 4.24. The topological polar surface area (TPSA) is 19.0 Å². The van der Waals surface area contributed by atoms with Crippen molar-refractivity contribution >= 4 is 10.9 Å². The normalized spacial score (nSPS) is 23.5. The standard InChI is InChI=1S/C17H22N2/c1-5-8-17(3)11-19(4)10-14-13-9-12(2)6-7-15(13)18-16(14)17/h5-7,9,18H,1,8,10-11H2,2-4H3. The van der Waals surface area contributed by atoms with Gasteiger partial charge in [-0.1, -0.05) is 24.6 Å². The number of aromatic amines is 1. The molecule has 0 bridgehead atoms. The Bertz CT molecular complexity index is 638. The van der Waals surface area contributed by atoms with E-state index in [1.54, 1.807) is 0 Å². The van der Waals surface area contributed by atoms with Crippen LogP contribution in [0, 0.1) is 6.92 Å². The van der Waals surface area contributed by atoms with Crippen LogP contribution in [0.25, 0.3) is 10.9 Å². The first-order chi connectivity index (χ1) is 9.03. The molecule has 1 aromatic heterocycles. The van der Waals surface area contributed by atoms with Gasteiger partial charge in [0.1, 0.15) is 0 Å². The van der Waals surface area contributed by atoms with Gasteiger partial charge < -0.3 is 9.88 Å². The molecule has 100 valence electrons. The van der Waals surface area contributed by atoms with E-state index in [0.717, 1.165) is 19.5 Å². The molecule has 2 nitrogen and oxygen atoms in total. The molecule has 2 heterocycles. The van der Waals surface area contributed by atoms with Gasteiger partial charge in [-0.05, 0) is 38.1 Å². The molecule has 1 atom stereocenters. The van der Waals surface area contributed by atoms with Crippen molar-refractivity contribution in [3.63, 3.8) is 0 Å². The van der Waals surface area contributed by atoms with E-state index >= 15 is 0 Å². The third kappa shape index (κ3) is 1.91. The van der Waals surface area contributed by atoms with Crippen LogP contribution < -0.4 is 0 Å². The van der Waals surface area contributed by atoms with E-state index in [9.17, 15) is 0 Å². The van der Waals surface area contributed by atoms with Gasteiger partial charge in [-0.15, -0.1) is 6.58 Å². The fraction of sp³-hybridized carbons (Fsp3) is 0.412. The zero-order valence-corrected chi connectivity index (χ0v) is 12.1. The van der Waals surface area contributed by atoms with Crippen molar-refractivity contribution in [2.24, 2.45) is 0 Å². The summed E-state index contributed by atoms with van der Waals surface area (Å²) < 4.78 is 0. The molecule has 1 unspecified atom stereocenters. The number of H-pyrrole nitrogens is 1. The van der Waals surface area contributed by atoms with Crippen molar-refractivity contribution in [1.29, 1.82) is 0 Å². The van der Waals surface area contributed by atoms with Gasteiger partial charge >= 0.3 is 0 Å². The lowest BCUT2D eigenvalue weighted by atomic mass is 9.78. The molecule has 1 N–H and O–H groups in total. The minimum Gasteiger partial charge on any atom is -0.358 e. The van der Waals surface area contributed by atoms with E-state index in [1.807, 2.05) is 6.08 Å². The zero-order valence-electron chi connectivity index (χ0n) is 12.1. The quantitative estimate of drug-likeness (QED) is 0.809. The van der Waals surface area contributed by atoms with Crippen LogP contribution in [0.15, 0.2) is 30.9 Å². The lowest BCUT2D eigenvalue weighted by Gasteiger charge is -2.38. The molecular weight excluding hydrogens is 232 g/mol. The lowest BCUT2D eigenvalue weighted by Crippen LogP contribution is -2.41. The van der Waals surface area contributed by atoms with Gasteiger partial charge in [-0.25, -0.2) is 0 Å². The van der Waals surface area contributed by atoms with Gasteiger partial charge in [0.25, 0.3) is 0 Å². The molecule has 0 spiro atoms. The van der Waals surface area contributed by atoms with Gasteiger partial charge in [-0.2, -0.15) is 0 Å². The van der Waals surface area contributed by atoms with Crippen molar-refractivity contribution in [1.82, 2.24) is 9.88 Å². The van der Waals surface area contributed by atoms with E-state index < -0.39 is 0 Å². The summed E-state index contributed by atoms with van der Waals surface area (Å²) in [5.74, 6) is 0. The van der Waals surface area contributed by atoms with E-state index in [4.69, 9.17) is 0 Å². The number of likely N-dealkylation sites (N-methyl/N-ethyl adjacent to an activating group) is 1. The highest BCUT2D eigenvalue weighted by Crippen LogP contribution is 2.39. The van der Waals surface area contributed by atoms with Crippen molar-refractivity contribution in [3.8, 4) is 0 Å². The zero-order chi connectivity index (χ0) is 13.6. The number of fused-ring (bicyclic) bond motifs is 3. The molecule has 19 heavy (non-hydrogen) atoms. The van der Waals surface area contributed by atoms with E-state index in [0.29, 0.717) is 0 Å². The molecule has 0 radical (unpaired) electrons. The second-order valence-corrected chi connectivity index (χ2v) is 6.25. The van der Waals surface area contributed by atoms with Crippen LogP contribution in [0.2, 0.25) is 0 Å². The van der Waals surface area contributed by atoms with Gasteiger partial charge in [0.15, 0.2) is 0 Å². The van der Waals surface area contributed by atoms with Gasteiger partial charge in [-0.3, -0.25) is 0 Å². The maximum absolute atomic E-state index is 3.93. The Morgan fingerprint density at radius 3 is 3.00 bits per heavy atom. The summed E-state index contributed by atoms with van der Waals surface area (Å²) in [6, 6.07) is 6.69. The molecule has 0 amide bonds. The first-order valence-electron chi connectivity index (χ1n) is 6.94. The molecular formula is C17H22N2. The summed E-state index contributed by atoms with van der Waals surface area (Å²) in [6.07, 6.45) is 3.05. The number of benzene rings is 1. The van der Waals surface area contributed by atoms with E-state index in [2.05, 4.69) is 55.6 Å². The molecule has 0 saturated carbocycles. The van der Waals surface area contributed by atoms with Crippen LogP contribution in [0.4, 0.5) is 0 Å². The molecule has 0 aliphatic carbocycles. The monoisotopic (exact) mass is 254 g/mol. The lowest BCUT2D eigenvalue weighted by molar-refractivity contribution is 0.222. The number of hydrogen-bond acceptors (Lipinski definition) is 1. The predicted octanol–water partition coefficient (Wildman–Crippen LogP) is 3.76. The number of hydrogen-bond donors (Lipinski definition) is 1. The molecule has 0 saturated heterocycles. The smallest absolute Gasteiger partial charge is 0.0459 e. The Morgan fingerprint density at radius 2 is 2.26 bits per heavy atom. The first kappa shape index (κ1) is 12.5. The van der Waals surface area contributed by atoms with Crippen LogP contribution in [-0.4, -0.2) is 23.5 Å². The fourth-order valence-corrected chi connectivity index (χ4v) is 3.53. The number of aryl methyl sites for hydroxylation is 1. The molecule has 1 aromatic carbocycles. The van der Waals surface area contributed by atoms with Gasteiger partial charge in [0, 0.05) is 35.1 Å². The maximum Gasteiger partial charge on any atom is 0.0459 e. The number of nitrogens with one attached hydrogen (secondary N) is 1. The highest BCUT2D eigenvalue weighted by Gasteiger charge is 2.35. The first-order valence-corrected chi connectivity index (χ1v) is 6.94. The number of allylic oxidation sites excluding steroid dienone is 1. The van der Waals surface area contributed by atoms with Crippen LogP contribution in [0.1, 0.15) is 30.2 Å².